The molecule has 0 bridgehead atoms. The molecule has 1 atom stereocenters. The number of nitro groups is 1. The molecule has 9 heteroatoms. The number of carbonyl (C=O) groups is 2. The molecule has 1 N–H and O–H groups in total. The zero-order valence-corrected chi connectivity index (χ0v) is 13.9. The van der Waals surface area contributed by atoms with Crippen molar-refractivity contribution in [3.05, 3.63) is 51.2 Å². The largest absolute Gasteiger partial charge is 0.466 e. The third kappa shape index (κ3) is 3.65. The molecule has 0 spiro atoms. The Bertz CT molecular complexity index is 784. The lowest BCUT2D eigenvalue weighted by molar-refractivity contribution is -0.384. The zero-order valence-electron chi connectivity index (χ0n) is 13.9. The Hall–Kier alpha value is -3.23. The van der Waals surface area contributed by atoms with E-state index in [0.29, 0.717) is 11.3 Å². The summed E-state index contributed by atoms with van der Waals surface area (Å²) in [4.78, 5) is 35.0. The number of ether oxygens (including phenoxy) is 2. The van der Waals surface area contributed by atoms with Crippen molar-refractivity contribution in [1.29, 1.82) is 0 Å². The highest BCUT2D eigenvalue weighted by molar-refractivity contribution is 6.40. The number of hydrogen-bond acceptors (Lipinski definition) is 8. The van der Waals surface area contributed by atoms with E-state index in [2.05, 4.69) is 10.5 Å². The van der Waals surface area contributed by atoms with Crippen LogP contribution >= 0.6 is 0 Å². The van der Waals surface area contributed by atoms with Crippen molar-refractivity contribution in [3.8, 4) is 0 Å². The molecule has 1 unspecified atom stereocenters. The Balaban J connectivity index is 2.61. The second-order valence-corrected chi connectivity index (χ2v) is 5.14. The molecule has 9 nitrogen and oxygen atoms in total. The van der Waals surface area contributed by atoms with Gasteiger partial charge in [0.15, 0.2) is 5.71 Å². The monoisotopic (exact) mass is 347 g/mol. The first-order valence-electron chi connectivity index (χ1n) is 7.44. The number of hydrazone groups is 1. The first-order valence-corrected chi connectivity index (χ1v) is 7.44. The van der Waals surface area contributed by atoms with Gasteiger partial charge >= 0.3 is 11.9 Å². The Morgan fingerprint density at radius 3 is 2.68 bits per heavy atom. The van der Waals surface area contributed by atoms with Gasteiger partial charge in [0.05, 0.1) is 30.1 Å². The van der Waals surface area contributed by atoms with Gasteiger partial charge in [0.2, 0.25) is 0 Å². The number of hydrogen-bond donors (Lipinski definition) is 1. The molecule has 0 radical (unpaired) electrons. The van der Waals surface area contributed by atoms with Crippen LogP contribution in [-0.2, 0) is 19.1 Å². The highest BCUT2D eigenvalue weighted by Crippen LogP contribution is 2.33. The first kappa shape index (κ1) is 18.1. The van der Waals surface area contributed by atoms with Crippen molar-refractivity contribution < 1.29 is 24.0 Å². The van der Waals surface area contributed by atoms with E-state index >= 15 is 0 Å². The SMILES string of the molecule is CCOC(=O)C1=NNC(C)=C(C(=O)OC)C1c1cccc([N+](=O)[O-])c1. The summed E-state index contributed by atoms with van der Waals surface area (Å²) in [5, 5.41) is 15.0. The highest BCUT2D eigenvalue weighted by Gasteiger charge is 2.37. The summed E-state index contributed by atoms with van der Waals surface area (Å²) in [5.41, 5.74) is 3.25. The molecule has 1 aliphatic heterocycles. The minimum atomic E-state index is -0.937. The van der Waals surface area contributed by atoms with Crippen molar-refractivity contribution in [2.24, 2.45) is 5.10 Å². The molecule has 0 saturated carbocycles. The molecule has 25 heavy (non-hydrogen) atoms. The topological polar surface area (TPSA) is 120 Å². The number of nitro benzene ring substituents is 1. The van der Waals surface area contributed by atoms with E-state index in [-0.39, 0.29) is 23.6 Å². The molecule has 0 aromatic heterocycles. The van der Waals surface area contributed by atoms with E-state index in [1.807, 2.05) is 0 Å². The minimum Gasteiger partial charge on any atom is -0.466 e. The third-order valence-electron chi connectivity index (χ3n) is 3.61. The predicted molar refractivity (Wildman–Crippen MR) is 87.8 cm³/mol. The van der Waals surface area contributed by atoms with E-state index in [4.69, 9.17) is 9.47 Å². The number of non-ortho nitro benzene ring substituents is 1. The maximum Gasteiger partial charge on any atom is 0.355 e. The van der Waals surface area contributed by atoms with Crippen molar-refractivity contribution in [2.45, 2.75) is 19.8 Å². The van der Waals surface area contributed by atoms with Crippen LogP contribution in [0.15, 0.2) is 40.6 Å². The van der Waals surface area contributed by atoms with Crippen LogP contribution in [0.1, 0.15) is 25.3 Å². The molecule has 1 aromatic rings. The first-order chi connectivity index (χ1) is 11.9. The van der Waals surface area contributed by atoms with Crippen LogP contribution in [0.2, 0.25) is 0 Å². The molecule has 1 heterocycles. The van der Waals surface area contributed by atoms with Crippen LogP contribution in [0.4, 0.5) is 5.69 Å². The molecule has 2 rings (SSSR count). The molecular weight excluding hydrogens is 330 g/mol. The second-order valence-electron chi connectivity index (χ2n) is 5.14. The molecular formula is C16H17N3O6. The number of nitrogens with zero attached hydrogens (tertiary/aromatic N) is 2. The molecule has 132 valence electrons. The number of esters is 2. The fraction of sp³-hybridized carbons (Fsp3) is 0.312. The lowest BCUT2D eigenvalue weighted by Crippen LogP contribution is -2.35. The van der Waals surface area contributed by atoms with E-state index in [1.165, 1.54) is 25.3 Å². The average molecular weight is 347 g/mol. The number of rotatable bonds is 5. The third-order valence-corrected chi connectivity index (χ3v) is 3.61. The predicted octanol–water partition coefficient (Wildman–Crippen LogP) is 1.65. The molecule has 0 aliphatic carbocycles. The van der Waals surface area contributed by atoms with Crippen LogP contribution in [0.3, 0.4) is 0 Å². The zero-order chi connectivity index (χ0) is 18.6. The molecule has 0 fully saturated rings. The fourth-order valence-electron chi connectivity index (χ4n) is 2.51. The fourth-order valence-corrected chi connectivity index (χ4v) is 2.51. The molecule has 0 amide bonds. The molecule has 1 aliphatic rings. The van der Waals surface area contributed by atoms with Gasteiger partial charge in [-0.05, 0) is 19.4 Å². The summed E-state index contributed by atoms with van der Waals surface area (Å²) >= 11 is 0. The quantitative estimate of drug-likeness (QED) is 0.488. The lowest BCUT2D eigenvalue weighted by atomic mass is 9.84. The van der Waals surface area contributed by atoms with E-state index in [0.717, 1.165) is 0 Å². The van der Waals surface area contributed by atoms with Gasteiger partial charge in [-0.1, -0.05) is 12.1 Å². The normalized spacial score (nSPS) is 16.6. The van der Waals surface area contributed by atoms with Gasteiger partial charge in [-0.2, -0.15) is 5.10 Å². The Kier molecular flexibility index (Phi) is 5.48. The minimum absolute atomic E-state index is 0.0756. The summed E-state index contributed by atoms with van der Waals surface area (Å²) in [6.07, 6.45) is 0. The van der Waals surface area contributed by atoms with Crippen LogP contribution in [0, 0.1) is 10.1 Å². The Labute approximate surface area is 143 Å². The van der Waals surface area contributed by atoms with Gasteiger partial charge in [0.1, 0.15) is 0 Å². The smallest absolute Gasteiger partial charge is 0.355 e. The van der Waals surface area contributed by atoms with Gasteiger partial charge in [-0.25, -0.2) is 9.59 Å². The number of carbonyl (C=O) groups excluding carboxylic acids is 2. The van der Waals surface area contributed by atoms with Gasteiger partial charge in [-0.15, -0.1) is 0 Å². The van der Waals surface area contributed by atoms with Gasteiger partial charge in [0.25, 0.3) is 5.69 Å². The van der Waals surface area contributed by atoms with E-state index in [9.17, 15) is 19.7 Å². The van der Waals surface area contributed by atoms with Crippen molar-refractivity contribution in [3.63, 3.8) is 0 Å². The van der Waals surface area contributed by atoms with Crippen molar-refractivity contribution in [1.82, 2.24) is 5.43 Å². The van der Waals surface area contributed by atoms with Crippen LogP contribution in [-0.4, -0.2) is 36.3 Å². The number of nitrogens with one attached hydrogen (secondary N) is 1. The highest BCUT2D eigenvalue weighted by atomic mass is 16.6. The molecule has 0 saturated heterocycles. The maximum absolute atomic E-state index is 12.3. The van der Waals surface area contributed by atoms with Crippen molar-refractivity contribution in [2.75, 3.05) is 13.7 Å². The second kappa shape index (κ2) is 7.56. The Morgan fingerprint density at radius 2 is 2.08 bits per heavy atom. The summed E-state index contributed by atoms with van der Waals surface area (Å²) in [6.45, 7) is 3.36. The van der Waals surface area contributed by atoms with Crippen molar-refractivity contribution >= 4 is 23.3 Å². The van der Waals surface area contributed by atoms with Crippen LogP contribution in [0.5, 0.6) is 0 Å². The standard InChI is InChI=1S/C16H17N3O6/c1-4-25-16(21)14-13(10-6-5-7-11(8-10)19(22)23)12(15(20)24-3)9(2)17-18-14/h5-8,13,17H,4H2,1-3H3. The summed E-state index contributed by atoms with van der Waals surface area (Å²) in [6, 6.07) is 5.66. The number of methoxy groups -OCH3 is 1. The maximum atomic E-state index is 12.3. The van der Waals surface area contributed by atoms with Crippen LogP contribution < -0.4 is 5.43 Å². The van der Waals surface area contributed by atoms with E-state index < -0.39 is 22.8 Å². The average Bonchev–Trinajstić information content (AvgIpc) is 2.61. The van der Waals surface area contributed by atoms with Gasteiger partial charge in [0, 0.05) is 17.8 Å². The van der Waals surface area contributed by atoms with Gasteiger partial charge < -0.3 is 9.47 Å². The lowest BCUT2D eigenvalue weighted by Gasteiger charge is -2.25. The Morgan fingerprint density at radius 1 is 1.36 bits per heavy atom. The van der Waals surface area contributed by atoms with Crippen LogP contribution in [0.25, 0.3) is 0 Å². The summed E-state index contributed by atoms with van der Waals surface area (Å²) < 4.78 is 9.79. The number of benzene rings is 1. The van der Waals surface area contributed by atoms with Gasteiger partial charge in [-0.3, -0.25) is 15.5 Å². The van der Waals surface area contributed by atoms with E-state index in [1.54, 1.807) is 19.9 Å². The number of allylic oxidation sites excluding steroid dienone is 1. The summed E-state index contributed by atoms with van der Waals surface area (Å²) in [7, 11) is 1.21. The molecule has 1 aromatic carbocycles. The summed E-state index contributed by atoms with van der Waals surface area (Å²) in [5.74, 6) is -2.33.